The molecule has 0 saturated carbocycles. The van der Waals surface area contributed by atoms with E-state index in [0.29, 0.717) is 57.2 Å². The van der Waals surface area contributed by atoms with Crippen LogP contribution in [-0.4, -0.2) is 133 Å². The van der Waals surface area contributed by atoms with Gasteiger partial charge >= 0.3 is 11.9 Å². The van der Waals surface area contributed by atoms with Crippen LogP contribution in [0.5, 0.6) is 11.5 Å². The fourth-order valence-corrected chi connectivity index (χ4v) is 7.83. The number of rotatable bonds is 2. The van der Waals surface area contributed by atoms with E-state index in [9.17, 15) is 33.9 Å². The second-order valence-electron chi connectivity index (χ2n) is 18.1. The molecule has 4 heterocycles. The zero-order valence-electron chi connectivity index (χ0n) is 36.4. The number of carbonyl (C=O) groups is 6. The summed E-state index contributed by atoms with van der Waals surface area (Å²) >= 11 is 0. The summed E-state index contributed by atoms with van der Waals surface area (Å²) in [6, 6.07) is 11.3. The molecular formula is C45H62N4O12. The van der Waals surface area contributed by atoms with Gasteiger partial charge in [0.05, 0.1) is 58.6 Å². The highest BCUT2D eigenvalue weighted by Gasteiger charge is 2.47. The van der Waals surface area contributed by atoms with Gasteiger partial charge in [-0.3, -0.25) is 19.2 Å². The minimum Gasteiger partial charge on any atom is -0.493 e. The Morgan fingerprint density at radius 2 is 1.10 bits per heavy atom. The van der Waals surface area contributed by atoms with Gasteiger partial charge in [-0.05, 0) is 46.2 Å². The quantitative estimate of drug-likeness (QED) is 0.374. The van der Waals surface area contributed by atoms with Crippen molar-refractivity contribution in [3.05, 3.63) is 59.7 Å². The van der Waals surface area contributed by atoms with Gasteiger partial charge in [-0.25, -0.2) is 9.59 Å². The lowest BCUT2D eigenvalue weighted by atomic mass is 9.85. The summed E-state index contributed by atoms with van der Waals surface area (Å²) in [6.07, 6.45) is 1.50. The number of hydrogen-bond donors (Lipinski definition) is 3. The Kier molecular flexibility index (Phi) is 15.8. The molecule has 4 aliphatic heterocycles. The van der Waals surface area contributed by atoms with Crippen LogP contribution in [0.4, 0.5) is 0 Å². The minimum absolute atomic E-state index is 0.102. The lowest BCUT2D eigenvalue weighted by molar-refractivity contribution is -0.153. The Bertz CT molecular complexity index is 1890. The third-order valence-electron chi connectivity index (χ3n) is 11.0. The largest absolute Gasteiger partial charge is 0.493 e. The Balaban J connectivity index is 0.000000231. The molecule has 8 bridgehead atoms. The third kappa shape index (κ3) is 12.9. The number of methoxy groups -OCH3 is 1. The van der Waals surface area contributed by atoms with Crippen molar-refractivity contribution in [3.63, 3.8) is 0 Å². The minimum atomic E-state index is -1.06. The predicted molar refractivity (Wildman–Crippen MR) is 223 cm³/mol. The molecule has 61 heavy (non-hydrogen) atoms. The van der Waals surface area contributed by atoms with E-state index < -0.39 is 52.8 Å². The summed E-state index contributed by atoms with van der Waals surface area (Å²) in [5.41, 5.74) is 0.429. The summed E-state index contributed by atoms with van der Waals surface area (Å²) < 4.78 is 28.2. The molecule has 16 heteroatoms. The van der Waals surface area contributed by atoms with Gasteiger partial charge in [0.2, 0.25) is 23.6 Å². The molecule has 4 aliphatic rings. The molecule has 2 fully saturated rings. The number of carbonyl (C=O) groups excluding carboxylic acids is 5. The SMILES string of the molecule is CC(C)(C)[C@@H]1NC(=O)Cc2cccc(c2)OCCCO[C@@H]2C[C@@H](C(=O)O)N(C2)C1=O.COC(=O)[C@@H]1C[C@@H]2CN1C(=O)[C@H](C(C)(C)C)NC(=O)Cc1cccc(c1)OCCCO2. The van der Waals surface area contributed by atoms with Crippen molar-refractivity contribution in [2.45, 2.75) is 116 Å². The standard InChI is InChI=1S/C23H32N2O6.C22H30N2O6/c1-23(2,3)20-21(27)25-14-17(13-18(25)22(28)29-4)31-10-6-9-30-16-8-5-7-15(11-16)12-19(26)24-20;1-22(2,3)19-20(26)24-13-16(12-17(24)21(27)28)30-9-5-8-29-15-7-4-6-14(10-15)11-18(25)23-19/h5,7-8,11,17-18,20H,6,9-10,12-14H2,1-4H3,(H,24,26);4,6-7,10,16-17,19H,5,8-9,11-13H2,1-3H3,(H,23,25)(H,27,28)/t17-,18+,20-;16-,17+,19-/m11/s1. The van der Waals surface area contributed by atoms with Crippen molar-refractivity contribution in [2.75, 3.05) is 46.6 Å². The van der Waals surface area contributed by atoms with Gasteiger partial charge in [0.1, 0.15) is 35.7 Å². The van der Waals surface area contributed by atoms with Gasteiger partial charge in [0.15, 0.2) is 0 Å². The van der Waals surface area contributed by atoms with Crippen molar-refractivity contribution in [3.8, 4) is 11.5 Å². The number of esters is 1. The highest BCUT2D eigenvalue weighted by Crippen LogP contribution is 2.30. The molecule has 2 aromatic rings. The topological polar surface area (TPSA) is 199 Å². The van der Waals surface area contributed by atoms with Gasteiger partial charge in [-0.15, -0.1) is 0 Å². The number of benzene rings is 2. The van der Waals surface area contributed by atoms with E-state index in [2.05, 4.69) is 10.6 Å². The van der Waals surface area contributed by atoms with Crippen molar-refractivity contribution in [2.24, 2.45) is 10.8 Å². The summed E-state index contributed by atoms with van der Waals surface area (Å²) in [5, 5.41) is 15.4. The maximum atomic E-state index is 13.5. The van der Waals surface area contributed by atoms with Crippen LogP contribution < -0.4 is 20.1 Å². The monoisotopic (exact) mass is 850 g/mol. The number of fused-ring (bicyclic) bond motifs is 8. The van der Waals surface area contributed by atoms with Gasteiger partial charge in [-0.2, -0.15) is 0 Å². The van der Waals surface area contributed by atoms with E-state index in [0.717, 1.165) is 11.1 Å². The normalized spacial score (nSPS) is 25.8. The number of hydrogen-bond acceptors (Lipinski definition) is 11. The molecule has 6 atom stereocenters. The van der Waals surface area contributed by atoms with Crippen LogP contribution in [0.1, 0.15) is 78.4 Å². The highest BCUT2D eigenvalue weighted by molar-refractivity contribution is 5.93. The van der Waals surface area contributed by atoms with Gasteiger partial charge in [0, 0.05) is 38.8 Å². The smallest absolute Gasteiger partial charge is 0.328 e. The molecule has 0 aromatic heterocycles. The van der Waals surface area contributed by atoms with Crippen molar-refractivity contribution in [1.29, 1.82) is 0 Å². The fraction of sp³-hybridized carbons (Fsp3) is 0.600. The van der Waals surface area contributed by atoms with E-state index in [1.54, 1.807) is 0 Å². The van der Waals surface area contributed by atoms with Crippen LogP contribution in [-0.2, 0) is 55.8 Å². The lowest BCUT2D eigenvalue weighted by Crippen LogP contribution is -2.57. The average molecular weight is 851 g/mol. The first kappa shape index (κ1) is 46.8. The molecule has 2 aromatic carbocycles. The summed E-state index contributed by atoms with van der Waals surface area (Å²) in [6.45, 7) is 13.5. The molecule has 0 spiro atoms. The zero-order valence-corrected chi connectivity index (χ0v) is 36.4. The van der Waals surface area contributed by atoms with E-state index in [1.807, 2.05) is 90.1 Å². The summed E-state index contributed by atoms with van der Waals surface area (Å²) in [5.74, 6) is -1.43. The first-order valence-electron chi connectivity index (χ1n) is 21.0. The highest BCUT2D eigenvalue weighted by atomic mass is 16.5. The molecule has 0 radical (unpaired) electrons. The first-order valence-corrected chi connectivity index (χ1v) is 21.0. The van der Waals surface area contributed by atoms with Crippen molar-refractivity contribution < 1.29 is 57.6 Å². The molecule has 4 amide bonds. The van der Waals surface area contributed by atoms with E-state index in [4.69, 9.17) is 23.7 Å². The molecule has 6 rings (SSSR count). The Morgan fingerprint density at radius 3 is 1.51 bits per heavy atom. The van der Waals surface area contributed by atoms with Gasteiger partial charge in [0.25, 0.3) is 0 Å². The van der Waals surface area contributed by atoms with Crippen LogP contribution in [0.3, 0.4) is 0 Å². The Hall–Kier alpha value is -5.22. The number of aliphatic carboxylic acids is 1. The number of carboxylic acid groups (broad SMARTS) is 1. The summed E-state index contributed by atoms with van der Waals surface area (Å²) in [7, 11) is 1.31. The number of nitrogens with one attached hydrogen (secondary N) is 2. The molecule has 3 N–H and O–H groups in total. The number of nitrogens with zero attached hydrogens (tertiary/aromatic N) is 2. The number of carboxylic acids is 1. The summed E-state index contributed by atoms with van der Waals surface area (Å²) in [4.78, 5) is 79.4. The van der Waals surface area contributed by atoms with E-state index >= 15 is 0 Å². The third-order valence-corrected chi connectivity index (χ3v) is 11.0. The Labute approximate surface area is 357 Å². The van der Waals surface area contributed by atoms with Crippen LogP contribution in [0, 0.1) is 10.8 Å². The maximum absolute atomic E-state index is 13.5. The fourth-order valence-electron chi connectivity index (χ4n) is 7.83. The van der Waals surface area contributed by atoms with Crippen LogP contribution in [0.25, 0.3) is 0 Å². The second-order valence-corrected chi connectivity index (χ2v) is 18.1. The molecule has 0 unspecified atom stereocenters. The van der Waals surface area contributed by atoms with Crippen molar-refractivity contribution >= 4 is 35.6 Å². The van der Waals surface area contributed by atoms with E-state index in [1.165, 1.54) is 16.9 Å². The zero-order chi connectivity index (χ0) is 44.5. The van der Waals surface area contributed by atoms with Crippen LogP contribution in [0.2, 0.25) is 0 Å². The van der Waals surface area contributed by atoms with Crippen molar-refractivity contribution in [1.82, 2.24) is 20.4 Å². The van der Waals surface area contributed by atoms with Gasteiger partial charge in [-0.1, -0.05) is 65.8 Å². The van der Waals surface area contributed by atoms with Gasteiger partial charge < -0.3 is 49.2 Å². The average Bonchev–Trinajstić information content (AvgIpc) is 3.82. The maximum Gasteiger partial charge on any atom is 0.328 e. The first-order chi connectivity index (χ1) is 28.8. The molecule has 334 valence electrons. The van der Waals surface area contributed by atoms with E-state index in [-0.39, 0.29) is 62.3 Å². The molecule has 0 aliphatic carbocycles. The number of amides is 4. The Morgan fingerprint density at radius 1 is 0.672 bits per heavy atom. The van der Waals surface area contributed by atoms with Crippen LogP contribution >= 0.6 is 0 Å². The lowest BCUT2D eigenvalue weighted by Gasteiger charge is -2.35. The molecule has 2 saturated heterocycles. The second kappa shape index (κ2) is 20.6. The predicted octanol–water partition coefficient (Wildman–Crippen LogP) is 3.31. The van der Waals surface area contributed by atoms with Crippen LogP contribution in [0.15, 0.2) is 48.5 Å². The molecule has 16 nitrogen and oxygen atoms in total. The molecular weight excluding hydrogens is 789 g/mol. The number of ether oxygens (including phenoxy) is 5.